The zero-order valence-corrected chi connectivity index (χ0v) is 10.1. The van der Waals surface area contributed by atoms with E-state index in [1.165, 1.54) is 0 Å². The molecule has 0 aliphatic rings. The minimum Gasteiger partial charge on any atom is -0.506 e. The third-order valence-electron chi connectivity index (χ3n) is 2.95. The topological polar surface area (TPSA) is 64.1 Å². The van der Waals surface area contributed by atoms with Gasteiger partial charge < -0.3 is 10.8 Å². The van der Waals surface area contributed by atoms with Gasteiger partial charge in [-0.2, -0.15) is 5.10 Å². The Morgan fingerprint density at radius 3 is 2.65 bits per heavy atom. The molecule has 0 saturated heterocycles. The molecule has 90 valence electrons. The molecule has 1 heterocycles. The minimum absolute atomic E-state index is 0.234. The number of aromatic hydroxyl groups is 1. The fourth-order valence-corrected chi connectivity index (χ4v) is 2.06. The van der Waals surface area contributed by atoms with E-state index < -0.39 is 0 Å². The van der Waals surface area contributed by atoms with Gasteiger partial charge in [0.05, 0.1) is 5.69 Å². The second-order valence-electron chi connectivity index (χ2n) is 4.09. The zero-order chi connectivity index (χ0) is 12.4. The monoisotopic (exact) mass is 231 g/mol. The second kappa shape index (κ2) is 4.59. The molecule has 4 nitrogen and oxygen atoms in total. The highest BCUT2D eigenvalue weighted by molar-refractivity contribution is 5.47. The summed E-state index contributed by atoms with van der Waals surface area (Å²) >= 11 is 0. The average molecular weight is 231 g/mol. The molecule has 2 rings (SSSR count). The van der Waals surface area contributed by atoms with Gasteiger partial charge in [-0.3, -0.25) is 0 Å². The predicted molar refractivity (Wildman–Crippen MR) is 67.5 cm³/mol. The number of para-hydroxylation sites is 2. The molecule has 1 aromatic heterocycles. The molecule has 0 aliphatic heterocycles. The van der Waals surface area contributed by atoms with Gasteiger partial charge in [0.15, 0.2) is 0 Å². The van der Waals surface area contributed by atoms with Gasteiger partial charge in [-0.1, -0.05) is 12.1 Å². The Bertz CT molecular complexity index is 531. The first-order valence-electron chi connectivity index (χ1n) is 5.68. The van der Waals surface area contributed by atoms with E-state index in [1.54, 1.807) is 16.8 Å². The van der Waals surface area contributed by atoms with Gasteiger partial charge >= 0.3 is 0 Å². The summed E-state index contributed by atoms with van der Waals surface area (Å²) in [6.45, 7) is 4.57. The lowest BCUT2D eigenvalue weighted by molar-refractivity contribution is 0.470. The maximum absolute atomic E-state index is 9.83. The molecular formula is C13H17N3O. The molecule has 0 unspecified atom stereocenters. The fourth-order valence-electron chi connectivity index (χ4n) is 2.06. The highest BCUT2D eigenvalue weighted by atomic mass is 16.3. The summed E-state index contributed by atoms with van der Waals surface area (Å²) in [5.74, 6) is 0.234. The Labute approximate surface area is 101 Å². The molecule has 0 amide bonds. The van der Waals surface area contributed by atoms with Crippen LogP contribution in [0.5, 0.6) is 5.75 Å². The average Bonchev–Trinajstić information content (AvgIpc) is 2.58. The molecule has 17 heavy (non-hydrogen) atoms. The second-order valence-corrected chi connectivity index (χ2v) is 4.09. The summed E-state index contributed by atoms with van der Waals surface area (Å²) in [7, 11) is 0. The number of aromatic nitrogens is 2. The molecule has 0 atom stereocenters. The lowest BCUT2D eigenvalue weighted by Crippen LogP contribution is -2.05. The molecule has 0 spiro atoms. The van der Waals surface area contributed by atoms with Crippen LogP contribution in [-0.2, 0) is 6.42 Å². The summed E-state index contributed by atoms with van der Waals surface area (Å²) < 4.78 is 1.77. The molecule has 0 aliphatic carbocycles. The maximum Gasteiger partial charge on any atom is 0.141 e. The number of hydrogen-bond donors (Lipinski definition) is 2. The van der Waals surface area contributed by atoms with Gasteiger partial charge in [0.2, 0.25) is 0 Å². The molecule has 0 fully saturated rings. The van der Waals surface area contributed by atoms with Crippen molar-refractivity contribution in [3.05, 3.63) is 41.2 Å². The number of aryl methyl sites for hydroxylation is 1. The van der Waals surface area contributed by atoms with Crippen LogP contribution in [0, 0.1) is 13.8 Å². The van der Waals surface area contributed by atoms with Crippen molar-refractivity contribution in [2.75, 3.05) is 6.54 Å². The molecule has 0 saturated carbocycles. The van der Waals surface area contributed by atoms with Crippen LogP contribution in [0.2, 0.25) is 0 Å². The van der Waals surface area contributed by atoms with E-state index in [9.17, 15) is 5.11 Å². The van der Waals surface area contributed by atoms with Crippen molar-refractivity contribution in [1.82, 2.24) is 9.78 Å². The molecule has 1 aromatic carbocycles. The number of rotatable bonds is 3. The molecule has 2 aromatic rings. The molecule has 0 radical (unpaired) electrons. The van der Waals surface area contributed by atoms with Crippen molar-refractivity contribution in [3.8, 4) is 11.4 Å². The Morgan fingerprint density at radius 2 is 2.00 bits per heavy atom. The van der Waals surface area contributed by atoms with Crippen molar-refractivity contribution in [2.24, 2.45) is 5.73 Å². The van der Waals surface area contributed by atoms with Crippen molar-refractivity contribution in [2.45, 2.75) is 20.3 Å². The number of nitrogens with two attached hydrogens (primary N) is 1. The highest BCUT2D eigenvalue weighted by Crippen LogP contribution is 2.24. The predicted octanol–water partition coefficient (Wildman–Crippen LogP) is 1.70. The zero-order valence-electron chi connectivity index (χ0n) is 10.1. The van der Waals surface area contributed by atoms with E-state index in [4.69, 9.17) is 5.73 Å². The first-order chi connectivity index (χ1) is 8.15. The van der Waals surface area contributed by atoms with E-state index in [2.05, 4.69) is 5.10 Å². The van der Waals surface area contributed by atoms with Crippen molar-refractivity contribution >= 4 is 0 Å². The minimum atomic E-state index is 0.234. The summed E-state index contributed by atoms with van der Waals surface area (Å²) in [5, 5.41) is 14.3. The van der Waals surface area contributed by atoms with Crippen LogP contribution in [0.15, 0.2) is 24.3 Å². The van der Waals surface area contributed by atoms with E-state index >= 15 is 0 Å². The van der Waals surface area contributed by atoms with Crippen molar-refractivity contribution in [1.29, 1.82) is 0 Å². The number of benzene rings is 1. The fraction of sp³-hybridized carbons (Fsp3) is 0.308. The molecule has 0 bridgehead atoms. The summed E-state index contributed by atoms with van der Waals surface area (Å²) in [5.41, 5.74) is 9.46. The molecule has 3 N–H and O–H groups in total. The first kappa shape index (κ1) is 11.7. The standard InChI is InChI=1S/C13H17N3O/c1-9-11(7-8-14)10(2)16(15-9)12-5-3-4-6-13(12)17/h3-6,17H,7-8,14H2,1-2H3. The Balaban J connectivity index is 2.54. The van der Waals surface area contributed by atoms with Gasteiger partial charge in [0, 0.05) is 5.69 Å². The lowest BCUT2D eigenvalue weighted by atomic mass is 10.1. The Kier molecular flexibility index (Phi) is 3.15. The largest absolute Gasteiger partial charge is 0.506 e. The van der Waals surface area contributed by atoms with Gasteiger partial charge in [-0.15, -0.1) is 0 Å². The number of phenols is 1. The number of hydrogen-bond acceptors (Lipinski definition) is 3. The normalized spacial score (nSPS) is 10.8. The summed E-state index contributed by atoms with van der Waals surface area (Å²) in [6.07, 6.45) is 0.811. The highest BCUT2D eigenvalue weighted by Gasteiger charge is 2.13. The Hall–Kier alpha value is -1.81. The van der Waals surface area contributed by atoms with Crippen molar-refractivity contribution in [3.63, 3.8) is 0 Å². The van der Waals surface area contributed by atoms with E-state index in [1.807, 2.05) is 26.0 Å². The summed E-state index contributed by atoms with van der Waals surface area (Å²) in [6, 6.07) is 7.19. The van der Waals surface area contributed by atoms with Crippen LogP contribution in [0.3, 0.4) is 0 Å². The van der Waals surface area contributed by atoms with Crippen LogP contribution >= 0.6 is 0 Å². The smallest absolute Gasteiger partial charge is 0.141 e. The van der Waals surface area contributed by atoms with Crippen LogP contribution < -0.4 is 5.73 Å². The van der Waals surface area contributed by atoms with Crippen LogP contribution in [-0.4, -0.2) is 21.4 Å². The van der Waals surface area contributed by atoms with Crippen LogP contribution in [0.1, 0.15) is 17.0 Å². The van der Waals surface area contributed by atoms with Gasteiger partial charge in [-0.05, 0) is 44.5 Å². The number of nitrogens with zero attached hydrogens (tertiary/aromatic N) is 2. The maximum atomic E-state index is 9.83. The van der Waals surface area contributed by atoms with Gasteiger partial charge in [-0.25, -0.2) is 4.68 Å². The lowest BCUT2D eigenvalue weighted by Gasteiger charge is -2.06. The quantitative estimate of drug-likeness (QED) is 0.845. The van der Waals surface area contributed by atoms with Crippen molar-refractivity contribution < 1.29 is 5.11 Å². The SMILES string of the molecule is Cc1nn(-c2ccccc2O)c(C)c1CCN. The van der Waals surface area contributed by atoms with Crippen LogP contribution in [0.4, 0.5) is 0 Å². The molecular weight excluding hydrogens is 214 g/mol. The van der Waals surface area contributed by atoms with Gasteiger partial charge in [0.1, 0.15) is 11.4 Å². The molecule has 4 heteroatoms. The first-order valence-corrected chi connectivity index (χ1v) is 5.68. The van der Waals surface area contributed by atoms with E-state index in [0.717, 1.165) is 23.4 Å². The van der Waals surface area contributed by atoms with E-state index in [0.29, 0.717) is 12.2 Å². The van der Waals surface area contributed by atoms with E-state index in [-0.39, 0.29) is 5.75 Å². The third kappa shape index (κ3) is 2.03. The van der Waals surface area contributed by atoms with Crippen LogP contribution in [0.25, 0.3) is 5.69 Å². The number of phenolic OH excluding ortho intramolecular Hbond substituents is 1. The third-order valence-corrected chi connectivity index (χ3v) is 2.95. The Morgan fingerprint density at radius 1 is 1.29 bits per heavy atom. The van der Waals surface area contributed by atoms with Gasteiger partial charge in [0.25, 0.3) is 0 Å². The summed E-state index contributed by atoms with van der Waals surface area (Å²) in [4.78, 5) is 0.